The smallest absolute Gasteiger partial charge is 0.509 e. The molecule has 4 aromatic heterocycles. The molecule has 0 amide bonds. The van der Waals surface area contributed by atoms with Crippen LogP contribution in [0.1, 0.15) is 52.7 Å². The molecule has 0 unspecified atom stereocenters. The molecule has 3 radical (unpaired) electrons. The van der Waals surface area contributed by atoms with Crippen molar-refractivity contribution in [1.82, 2.24) is 19.1 Å². The molecule has 0 bridgehead atoms. The SMILES string of the molecule is CC(C)(C)c1ccnc(-n2c3[c-]c(Oc4[c-]c5c(cc4)c4ccccc4n5-c4cc(C(C)(C)C)ccn4)ccc3c3ccccc32)c1.[B].[Pt+2]. The number of pyridine rings is 2. The van der Waals surface area contributed by atoms with Gasteiger partial charge in [-0.2, -0.15) is 12.1 Å². The fourth-order valence-corrected chi connectivity index (χ4v) is 6.48. The number of aromatic nitrogens is 4. The van der Waals surface area contributed by atoms with Gasteiger partial charge in [-0.25, -0.2) is 9.97 Å². The first-order chi connectivity index (χ1) is 22.6. The minimum absolute atomic E-state index is 0. The molecule has 0 saturated heterocycles. The summed E-state index contributed by atoms with van der Waals surface area (Å²) in [7, 11) is 0. The van der Waals surface area contributed by atoms with Crippen LogP contribution in [0.3, 0.4) is 0 Å². The van der Waals surface area contributed by atoms with Gasteiger partial charge in [-0.1, -0.05) is 89.0 Å². The summed E-state index contributed by atoms with van der Waals surface area (Å²) >= 11 is 0. The first-order valence-corrected chi connectivity index (χ1v) is 16.1. The maximum Gasteiger partial charge on any atom is 2.00 e. The van der Waals surface area contributed by atoms with E-state index in [9.17, 15) is 0 Å². The Morgan fingerprint density at radius 1 is 0.531 bits per heavy atom. The minimum atomic E-state index is -0.00500. The average molecular weight is 819 g/mol. The third-order valence-corrected chi connectivity index (χ3v) is 9.01. The number of hydrogen-bond acceptors (Lipinski definition) is 3. The van der Waals surface area contributed by atoms with Crippen LogP contribution in [0, 0.1) is 12.1 Å². The van der Waals surface area contributed by atoms with Gasteiger partial charge in [0, 0.05) is 43.3 Å². The molecule has 7 heteroatoms. The van der Waals surface area contributed by atoms with Crippen molar-refractivity contribution < 1.29 is 25.8 Å². The number of nitrogens with zero attached hydrogens (tertiary/aromatic N) is 4. The Kier molecular flexibility index (Phi) is 8.83. The molecular formula is C42H36BN4OPt. The molecule has 0 saturated carbocycles. The molecule has 5 nitrogen and oxygen atoms in total. The van der Waals surface area contributed by atoms with Crippen molar-refractivity contribution in [2.24, 2.45) is 0 Å². The van der Waals surface area contributed by atoms with Crippen LogP contribution in [0.15, 0.2) is 109 Å². The van der Waals surface area contributed by atoms with E-state index in [2.05, 4.69) is 148 Å². The van der Waals surface area contributed by atoms with Gasteiger partial charge in [-0.05, 0) is 69.1 Å². The number of rotatable bonds is 4. The molecule has 0 spiro atoms. The predicted molar refractivity (Wildman–Crippen MR) is 198 cm³/mol. The molecule has 4 aromatic carbocycles. The summed E-state index contributed by atoms with van der Waals surface area (Å²) in [6.45, 7) is 13.3. The maximum atomic E-state index is 6.55. The topological polar surface area (TPSA) is 44.9 Å². The zero-order valence-electron chi connectivity index (χ0n) is 28.5. The van der Waals surface area contributed by atoms with E-state index >= 15 is 0 Å². The van der Waals surface area contributed by atoms with Crippen LogP contribution in [-0.4, -0.2) is 27.5 Å². The van der Waals surface area contributed by atoms with Crippen molar-refractivity contribution >= 4 is 52.0 Å². The summed E-state index contributed by atoms with van der Waals surface area (Å²) in [6.07, 6.45) is 3.79. The first kappa shape index (κ1) is 34.2. The van der Waals surface area contributed by atoms with Crippen molar-refractivity contribution in [3.05, 3.63) is 133 Å². The van der Waals surface area contributed by atoms with Crippen molar-refractivity contribution in [3.63, 3.8) is 0 Å². The van der Waals surface area contributed by atoms with Gasteiger partial charge in [-0.3, -0.25) is 0 Å². The molecule has 4 heterocycles. The Labute approximate surface area is 303 Å². The maximum absolute atomic E-state index is 6.55. The summed E-state index contributed by atoms with van der Waals surface area (Å²) in [6, 6.07) is 40.8. The van der Waals surface area contributed by atoms with Crippen LogP contribution in [0.2, 0.25) is 0 Å². The number of hydrogen-bond donors (Lipinski definition) is 0. The van der Waals surface area contributed by atoms with Gasteiger partial charge < -0.3 is 13.9 Å². The van der Waals surface area contributed by atoms with Gasteiger partial charge in [0.15, 0.2) is 0 Å². The number of para-hydroxylation sites is 2. The Morgan fingerprint density at radius 2 is 0.939 bits per heavy atom. The van der Waals surface area contributed by atoms with Crippen molar-refractivity contribution in [2.75, 3.05) is 0 Å². The zero-order chi connectivity index (χ0) is 32.5. The molecule has 49 heavy (non-hydrogen) atoms. The summed E-state index contributed by atoms with van der Waals surface area (Å²) in [5.41, 5.74) is 6.43. The van der Waals surface area contributed by atoms with Crippen LogP contribution in [-0.2, 0) is 31.9 Å². The van der Waals surface area contributed by atoms with E-state index in [-0.39, 0.29) is 40.3 Å². The second-order valence-corrected chi connectivity index (χ2v) is 14.3. The molecule has 0 aliphatic carbocycles. The Bertz CT molecular complexity index is 2310. The predicted octanol–water partition coefficient (Wildman–Crippen LogP) is 10.3. The third-order valence-electron chi connectivity index (χ3n) is 9.01. The normalized spacial score (nSPS) is 12.0. The standard InChI is InChI=1S/C42H36N4O.B.Pt/c1-41(2,3)27-19-21-43-39(23-27)45-35-13-9-7-11-31(35)33-17-15-29(25-37(33)45)47-30-16-18-34-32-12-8-10-14-36(32)46(38(34)26-30)40-24-28(20-22-44-40)42(4,5)6;;/h7-24H,1-6H3;;/q-2;;+2. The van der Waals surface area contributed by atoms with Crippen molar-refractivity contribution in [2.45, 2.75) is 52.4 Å². The quantitative estimate of drug-likeness (QED) is 0.131. The molecule has 0 aliphatic heterocycles. The fourth-order valence-electron chi connectivity index (χ4n) is 6.48. The van der Waals surface area contributed by atoms with E-state index in [0.717, 1.165) is 55.2 Å². The molecule has 0 fully saturated rings. The zero-order valence-corrected chi connectivity index (χ0v) is 30.8. The van der Waals surface area contributed by atoms with E-state index in [1.165, 1.54) is 11.1 Å². The van der Waals surface area contributed by atoms with Crippen LogP contribution in [0.5, 0.6) is 11.5 Å². The van der Waals surface area contributed by atoms with Crippen LogP contribution in [0.4, 0.5) is 0 Å². The molecule has 8 rings (SSSR count). The van der Waals surface area contributed by atoms with Crippen molar-refractivity contribution in [3.8, 4) is 23.1 Å². The summed E-state index contributed by atoms with van der Waals surface area (Å²) in [5.74, 6) is 2.94. The summed E-state index contributed by atoms with van der Waals surface area (Å²) in [5, 5.41) is 4.49. The molecule has 243 valence electrons. The van der Waals surface area contributed by atoms with E-state index in [1.54, 1.807) is 0 Å². The number of ether oxygens (including phenoxy) is 1. The molecule has 0 atom stereocenters. The van der Waals surface area contributed by atoms with Crippen molar-refractivity contribution in [1.29, 1.82) is 0 Å². The number of fused-ring (bicyclic) bond motifs is 6. The van der Waals surface area contributed by atoms with Crippen LogP contribution in [0.25, 0.3) is 55.2 Å². The Morgan fingerprint density at radius 3 is 1.35 bits per heavy atom. The Hall–Kier alpha value is -4.67. The monoisotopic (exact) mass is 818 g/mol. The summed E-state index contributed by atoms with van der Waals surface area (Å²) < 4.78 is 10.9. The van der Waals surface area contributed by atoms with Gasteiger partial charge in [0.2, 0.25) is 0 Å². The largest absolute Gasteiger partial charge is 2.00 e. The van der Waals surface area contributed by atoms with Gasteiger partial charge in [0.1, 0.15) is 11.6 Å². The van der Waals surface area contributed by atoms with Gasteiger partial charge in [0.25, 0.3) is 0 Å². The molecule has 8 aromatic rings. The minimum Gasteiger partial charge on any atom is -0.509 e. The fraction of sp³-hybridized carbons (Fsp3) is 0.190. The summed E-state index contributed by atoms with van der Waals surface area (Å²) in [4.78, 5) is 9.62. The Balaban J connectivity index is 0.00000208. The van der Waals surface area contributed by atoms with E-state index < -0.39 is 0 Å². The average Bonchev–Trinajstić information content (AvgIpc) is 3.56. The first-order valence-electron chi connectivity index (χ1n) is 16.1. The van der Waals surface area contributed by atoms with E-state index in [1.807, 2.05) is 24.5 Å². The number of benzene rings is 4. The third kappa shape index (κ3) is 5.97. The van der Waals surface area contributed by atoms with Crippen LogP contribution >= 0.6 is 0 Å². The molecule has 0 aliphatic rings. The van der Waals surface area contributed by atoms with E-state index in [4.69, 9.17) is 14.7 Å². The van der Waals surface area contributed by atoms with Gasteiger partial charge in [0.05, 0.1) is 0 Å². The second-order valence-electron chi connectivity index (χ2n) is 14.3. The molecular weight excluding hydrogens is 782 g/mol. The molecule has 0 N–H and O–H groups in total. The van der Waals surface area contributed by atoms with Gasteiger partial charge in [-0.15, -0.1) is 35.0 Å². The van der Waals surface area contributed by atoms with E-state index in [0.29, 0.717) is 11.5 Å². The van der Waals surface area contributed by atoms with Crippen LogP contribution < -0.4 is 4.74 Å². The second kappa shape index (κ2) is 12.7. The van der Waals surface area contributed by atoms with Gasteiger partial charge >= 0.3 is 21.1 Å².